The van der Waals surface area contributed by atoms with Crippen LogP contribution >= 0.6 is 0 Å². The normalized spacial score (nSPS) is 14.4. The van der Waals surface area contributed by atoms with Crippen molar-refractivity contribution in [2.24, 2.45) is 0 Å². The van der Waals surface area contributed by atoms with Gasteiger partial charge < -0.3 is 0 Å². The molecule has 0 heterocycles. The van der Waals surface area contributed by atoms with E-state index >= 15 is 0 Å². The van der Waals surface area contributed by atoms with Gasteiger partial charge in [0.2, 0.25) is 0 Å². The highest BCUT2D eigenvalue weighted by Crippen LogP contribution is 2.35. The van der Waals surface area contributed by atoms with Crippen LogP contribution in [-0.2, 0) is 0 Å². The summed E-state index contributed by atoms with van der Waals surface area (Å²) in [7, 11) is 0. The highest BCUT2D eigenvalue weighted by molar-refractivity contribution is 4.73. The van der Waals surface area contributed by atoms with Gasteiger partial charge in [0.15, 0.2) is 6.67 Å². The molecule has 1 atom stereocenters. The summed E-state index contributed by atoms with van der Waals surface area (Å²) in [6, 6.07) is 0. The highest BCUT2D eigenvalue weighted by Gasteiger charge is 2.57. The van der Waals surface area contributed by atoms with Crippen molar-refractivity contribution in [3.8, 4) is 0 Å². The molecule has 88 valence electrons. The standard InChI is InChI=1S/C3H2F6.C3H6F2/c4-1-2(5,6)3(7,8)9;1-3(5)2-4/h1H2;3H,2H2,1H3. The molecule has 14 heavy (non-hydrogen) atoms. The van der Waals surface area contributed by atoms with Crippen LogP contribution in [0.5, 0.6) is 0 Å². The molecule has 0 saturated heterocycles. The van der Waals surface area contributed by atoms with Gasteiger partial charge in [-0.15, -0.1) is 0 Å². The molecule has 0 aliphatic carbocycles. The first kappa shape index (κ1) is 15.9. The van der Waals surface area contributed by atoms with Crippen molar-refractivity contribution in [3.63, 3.8) is 0 Å². The Kier molecular flexibility index (Phi) is 6.84. The van der Waals surface area contributed by atoms with Gasteiger partial charge in [0.1, 0.15) is 12.8 Å². The SMILES string of the molecule is CC(F)CF.FCC(F)(F)C(F)(F)F. The third kappa shape index (κ3) is 6.90. The Morgan fingerprint density at radius 3 is 1.29 bits per heavy atom. The van der Waals surface area contributed by atoms with Crippen LogP contribution in [0.4, 0.5) is 35.1 Å². The predicted octanol–water partition coefficient (Wildman–Crippen LogP) is 3.47. The Labute approximate surface area is 74.9 Å². The first-order chi connectivity index (χ1) is 6.08. The Hall–Kier alpha value is -0.560. The fourth-order valence-electron chi connectivity index (χ4n) is 0.0758. The lowest BCUT2D eigenvalue weighted by Crippen LogP contribution is -2.38. The number of alkyl halides is 8. The van der Waals surface area contributed by atoms with Crippen LogP contribution in [0.1, 0.15) is 6.92 Å². The molecule has 0 bridgehead atoms. The van der Waals surface area contributed by atoms with Crippen molar-refractivity contribution in [3.05, 3.63) is 0 Å². The quantitative estimate of drug-likeness (QED) is 0.639. The maximum Gasteiger partial charge on any atom is 0.456 e. The number of hydrogen-bond donors (Lipinski definition) is 0. The summed E-state index contributed by atoms with van der Waals surface area (Å²) in [6.45, 7) is -2.38. The van der Waals surface area contributed by atoms with E-state index in [4.69, 9.17) is 0 Å². The molecule has 8 heteroatoms. The van der Waals surface area contributed by atoms with Crippen LogP contribution in [0.15, 0.2) is 0 Å². The molecule has 0 fully saturated rings. The monoisotopic (exact) mass is 232 g/mol. The zero-order chi connectivity index (χ0) is 12.0. The third-order valence-electron chi connectivity index (χ3n) is 0.795. The summed E-state index contributed by atoms with van der Waals surface area (Å²) in [5.74, 6) is -5.19. The lowest BCUT2D eigenvalue weighted by atomic mass is 10.4. The van der Waals surface area contributed by atoms with E-state index < -0.39 is 31.6 Å². The Bertz CT molecular complexity index is 137. The zero-order valence-electron chi connectivity index (χ0n) is 7.02. The molecule has 1 unspecified atom stereocenters. The van der Waals surface area contributed by atoms with Gasteiger partial charge in [-0.05, 0) is 6.92 Å². The van der Waals surface area contributed by atoms with Gasteiger partial charge in [-0.25, -0.2) is 13.2 Å². The van der Waals surface area contributed by atoms with E-state index in [0.29, 0.717) is 0 Å². The molecule has 0 saturated carbocycles. The van der Waals surface area contributed by atoms with Crippen molar-refractivity contribution in [1.29, 1.82) is 0 Å². The van der Waals surface area contributed by atoms with E-state index in [9.17, 15) is 35.1 Å². The van der Waals surface area contributed by atoms with Crippen molar-refractivity contribution in [1.82, 2.24) is 0 Å². The topological polar surface area (TPSA) is 0 Å². The van der Waals surface area contributed by atoms with E-state index in [0.717, 1.165) is 0 Å². The second kappa shape index (κ2) is 6.02. The van der Waals surface area contributed by atoms with Crippen molar-refractivity contribution >= 4 is 0 Å². The molecule has 0 nitrogen and oxygen atoms in total. The average molecular weight is 232 g/mol. The van der Waals surface area contributed by atoms with Crippen LogP contribution in [0.3, 0.4) is 0 Å². The molecule has 0 radical (unpaired) electrons. The van der Waals surface area contributed by atoms with Crippen LogP contribution < -0.4 is 0 Å². The lowest BCUT2D eigenvalue weighted by Gasteiger charge is -2.14. The Balaban J connectivity index is 0. The largest absolute Gasteiger partial charge is 0.456 e. The molecule has 0 rings (SSSR count). The summed E-state index contributed by atoms with van der Waals surface area (Å²) in [6.07, 6.45) is -7.04. The van der Waals surface area contributed by atoms with E-state index in [-0.39, 0.29) is 0 Å². The maximum absolute atomic E-state index is 11.2. The molecular formula is C6H8F8. The minimum absolute atomic E-state index is 0.861. The molecule has 0 aliphatic heterocycles. The molecular weight excluding hydrogens is 224 g/mol. The summed E-state index contributed by atoms with van der Waals surface area (Å²) in [4.78, 5) is 0. The van der Waals surface area contributed by atoms with Crippen LogP contribution in [0, 0.1) is 0 Å². The molecule has 0 aromatic carbocycles. The smallest absolute Gasteiger partial charge is 0.248 e. The van der Waals surface area contributed by atoms with Gasteiger partial charge in [-0.2, -0.15) is 22.0 Å². The second-order valence-corrected chi connectivity index (χ2v) is 2.27. The molecule has 0 aliphatic rings. The van der Waals surface area contributed by atoms with E-state index in [2.05, 4.69) is 0 Å². The van der Waals surface area contributed by atoms with Crippen molar-refractivity contribution in [2.75, 3.05) is 13.3 Å². The first-order valence-corrected chi connectivity index (χ1v) is 3.29. The van der Waals surface area contributed by atoms with Crippen LogP contribution in [-0.4, -0.2) is 31.6 Å². The summed E-state index contributed by atoms with van der Waals surface area (Å²) in [5.41, 5.74) is 0. The molecule has 0 amide bonds. The van der Waals surface area contributed by atoms with Gasteiger partial charge >= 0.3 is 12.1 Å². The minimum atomic E-state index is -5.76. The second-order valence-electron chi connectivity index (χ2n) is 2.27. The highest BCUT2D eigenvalue weighted by atomic mass is 19.4. The summed E-state index contributed by atoms with van der Waals surface area (Å²) < 4.78 is 87.4. The molecule has 0 aromatic heterocycles. The third-order valence-corrected chi connectivity index (χ3v) is 0.795. The van der Waals surface area contributed by atoms with Crippen molar-refractivity contribution < 1.29 is 35.1 Å². The zero-order valence-corrected chi connectivity index (χ0v) is 7.02. The van der Waals surface area contributed by atoms with Crippen LogP contribution in [0.2, 0.25) is 0 Å². The van der Waals surface area contributed by atoms with Gasteiger partial charge in [-0.1, -0.05) is 0 Å². The summed E-state index contributed by atoms with van der Waals surface area (Å²) in [5, 5.41) is 0. The van der Waals surface area contributed by atoms with Gasteiger partial charge in [0, 0.05) is 0 Å². The molecule has 0 N–H and O–H groups in total. The maximum atomic E-state index is 11.2. The predicted molar refractivity (Wildman–Crippen MR) is 33.5 cm³/mol. The summed E-state index contributed by atoms with van der Waals surface area (Å²) >= 11 is 0. The number of rotatable bonds is 2. The van der Waals surface area contributed by atoms with Gasteiger partial charge in [0.05, 0.1) is 0 Å². The molecule has 0 spiro atoms. The Morgan fingerprint density at radius 1 is 1.00 bits per heavy atom. The lowest BCUT2D eigenvalue weighted by molar-refractivity contribution is -0.286. The fraction of sp³-hybridized carbons (Fsp3) is 1.00. The van der Waals surface area contributed by atoms with Gasteiger partial charge in [-0.3, -0.25) is 0 Å². The fourth-order valence-corrected chi connectivity index (χ4v) is 0.0758. The van der Waals surface area contributed by atoms with E-state index in [1.54, 1.807) is 0 Å². The van der Waals surface area contributed by atoms with Crippen LogP contribution in [0.25, 0.3) is 0 Å². The first-order valence-electron chi connectivity index (χ1n) is 3.29. The van der Waals surface area contributed by atoms with Gasteiger partial charge in [0.25, 0.3) is 0 Å². The Morgan fingerprint density at radius 2 is 1.29 bits per heavy atom. The number of hydrogen-bond acceptors (Lipinski definition) is 0. The molecule has 0 aromatic rings. The van der Waals surface area contributed by atoms with Crippen molar-refractivity contribution in [2.45, 2.75) is 25.2 Å². The minimum Gasteiger partial charge on any atom is -0.248 e. The number of halogens is 8. The van der Waals surface area contributed by atoms with E-state index in [1.165, 1.54) is 6.92 Å². The average Bonchev–Trinajstić information content (AvgIpc) is 2.03. The van der Waals surface area contributed by atoms with E-state index in [1.807, 2.05) is 0 Å².